The number of hydrogen-bond donors (Lipinski definition) is 3. The molecule has 19 heavy (non-hydrogen) atoms. The minimum Gasteiger partial charge on any atom is -0.368 e. The molecule has 8 heteroatoms. The van der Waals surface area contributed by atoms with Crippen molar-refractivity contribution in [2.45, 2.75) is 0 Å². The fourth-order valence-electron chi connectivity index (χ4n) is 1.12. The predicted molar refractivity (Wildman–Crippen MR) is 62.0 cm³/mol. The first-order chi connectivity index (χ1) is 8.99. The number of rotatable bonds is 6. The van der Waals surface area contributed by atoms with E-state index in [2.05, 4.69) is 10.2 Å². The zero-order valence-electron chi connectivity index (χ0n) is 9.81. The maximum atomic E-state index is 12.8. The number of carbonyl (C=O) groups excluding carboxylic acids is 3. The Morgan fingerprint density at radius 2 is 2.05 bits per heavy atom. The molecule has 1 rings (SSSR count). The predicted octanol–water partition coefficient (Wildman–Crippen LogP) is -0.911. The van der Waals surface area contributed by atoms with Crippen molar-refractivity contribution in [1.82, 2.24) is 10.8 Å². The van der Waals surface area contributed by atoms with Crippen LogP contribution in [0.15, 0.2) is 24.3 Å². The zero-order valence-corrected chi connectivity index (χ0v) is 9.81. The molecule has 3 amide bonds. The summed E-state index contributed by atoms with van der Waals surface area (Å²) in [6, 6.07) is 5.01. The second kappa shape index (κ2) is 7.07. The Balaban J connectivity index is 2.34. The highest BCUT2D eigenvalue weighted by atomic mass is 19.1. The number of hydroxylamine groups is 1. The van der Waals surface area contributed by atoms with Gasteiger partial charge in [-0.2, -0.15) is 0 Å². The molecule has 0 aliphatic rings. The lowest BCUT2D eigenvalue weighted by atomic mass is 10.2. The summed E-state index contributed by atoms with van der Waals surface area (Å²) in [4.78, 5) is 37.4. The average molecular weight is 269 g/mol. The van der Waals surface area contributed by atoms with Crippen LogP contribution in [0.3, 0.4) is 0 Å². The van der Waals surface area contributed by atoms with E-state index >= 15 is 0 Å². The third kappa shape index (κ3) is 5.59. The fourth-order valence-corrected chi connectivity index (χ4v) is 1.12. The molecule has 0 saturated carbocycles. The smallest absolute Gasteiger partial charge is 0.262 e. The lowest BCUT2D eigenvalue weighted by molar-refractivity contribution is -0.137. The van der Waals surface area contributed by atoms with Gasteiger partial charge in [-0.05, 0) is 18.2 Å². The molecular formula is C11H12FN3O4. The molecule has 102 valence electrons. The van der Waals surface area contributed by atoms with Crippen molar-refractivity contribution in [2.24, 2.45) is 5.73 Å². The Kier molecular flexibility index (Phi) is 5.42. The van der Waals surface area contributed by atoms with Gasteiger partial charge >= 0.3 is 0 Å². The Morgan fingerprint density at radius 3 is 2.68 bits per heavy atom. The highest BCUT2D eigenvalue weighted by Crippen LogP contribution is 2.02. The molecule has 1 aromatic rings. The molecule has 0 heterocycles. The van der Waals surface area contributed by atoms with E-state index in [0.717, 1.165) is 6.07 Å². The van der Waals surface area contributed by atoms with Crippen LogP contribution < -0.4 is 16.5 Å². The lowest BCUT2D eigenvalue weighted by Crippen LogP contribution is -2.38. The van der Waals surface area contributed by atoms with Gasteiger partial charge in [0.1, 0.15) is 5.82 Å². The minimum atomic E-state index is -0.746. The summed E-state index contributed by atoms with van der Waals surface area (Å²) < 4.78 is 12.8. The van der Waals surface area contributed by atoms with E-state index in [1.807, 2.05) is 5.48 Å². The molecule has 0 spiro atoms. The molecule has 0 bridgehead atoms. The standard InChI is InChI=1S/C11H12FN3O4/c12-8-3-1-2-7(4-8)11(18)14-5-10(17)15-19-6-9(13)16/h1-4H,5-6H2,(H2,13,16)(H,14,18)(H,15,17). The van der Waals surface area contributed by atoms with E-state index in [1.165, 1.54) is 18.2 Å². The van der Waals surface area contributed by atoms with Crippen molar-refractivity contribution in [2.75, 3.05) is 13.2 Å². The maximum Gasteiger partial charge on any atom is 0.262 e. The first-order valence-corrected chi connectivity index (χ1v) is 5.21. The number of primary amides is 1. The van der Waals surface area contributed by atoms with Crippen molar-refractivity contribution in [1.29, 1.82) is 0 Å². The summed E-state index contributed by atoms with van der Waals surface area (Å²) in [5.74, 6) is -2.58. The highest BCUT2D eigenvalue weighted by molar-refractivity contribution is 5.96. The van der Waals surface area contributed by atoms with Crippen LogP contribution in [0.1, 0.15) is 10.4 Å². The Morgan fingerprint density at radius 1 is 1.32 bits per heavy atom. The first-order valence-electron chi connectivity index (χ1n) is 5.21. The largest absolute Gasteiger partial charge is 0.368 e. The SMILES string of the molecule is NC(=O)CONC(=O)CNC(=O)c1cccc(F)c1. The van der Waals surface area contributed by atoms with Crippen molar-refractivity contribution in [3.05, 3.63) is 35.6 Å². The second-order valence-corrected chi connectivity index (χ2v) is 3.47. The van der Waals surface area contributed by atoms with Crippen LogP contribution in [0.4, 0.5) is 4.39 Å². The van der Waals surface area contributed by atoms with Gasteiger partial charge in [0, 0.05) is 5.56 Å². The summed E-state index contributed by atoms with van der Waals surface area (Å²) in [6.07, 6.45) is 0. The first kappa shape index (κ1) is 14.6. The molecule has 0 radical (unpaired) electrons. The summed E-state index contributed by atoms with van der Waals surface area (Å²) >= 11 is 0. The molecule has 0 fully saturated rings. The topological polar surface area (TPSA) is 111 Å². The van der Waals surface area contributed by atoms with Gasteiger partial charge in [-0.25, -0.2) is 9.87 Å². The van der Waals surface area contributed by atoms with E-state index in [9.17, 15) is 18.8 Å². The van der Waals surface area contributed by atoms with Gasteiger partial charge in [-0.15, -0.1) is 0 Å². The zero-order chi connectivity index (χ0) is 14.3. The van der Waals surface area contributed by atoms with Crippen LogP contribution >= 0.6 is 0 Å². The maximum absolute atomic E-state index is 12.8. The quantitative estimate of drug-likeness (QED) is 0.580. The minimum absolute atomic E-state index is 0.0888. The summed E-state index contributed by atoms with van der Waals surface area (Å²) in [5.41, 5.74) is 6.76. The molecule has 7 nitrogen and oxygen atoms in total. The van der Waals surface area contributed by atoms with Gasteiger partial charge < -0.3 is 11.1 Å². The van der Waals surface area contributed by atoms with Crippen LogP contribution in [0.5, 0.6) is 0 Å². The monoisotopic (exact) mass is 269 g/mol. The van der Waals surface area contributed by atoms with Gasteiger partial charge in [0.05, 0.1) is 6.54 Å². The van der Waals surface area contributed by atoms with E-state index in [-0.39, 0.29) is 12.1 Å². The van der Waals surface area contributed by atoms with Crippen LogP contribution in [-0.2, 0) is 14.4 Å². The summed E-state index contributed by atoms with van der Waals surface area (Å²) in [6.45, 7) is -0.850. The van der Waals surface area contributed by atoms with Gasteiger partial charge in [0.25, 0.3) is 11.8 Å². The molecule has 0 saturated heterocycles. The van der Waals surface area contributed by atoms with Crippen LogP contribution in [0.25, 0.3) is 0 Å². The normalized spacial score (nSPS) is 9.74. The Labute approximate surface area is 107 Å². The molecule has 0 aromatic heterocycles. The van der Waals surface area contributed by atoms with E-state index in [0.29, 0.717) is 0 Å². The van der Waals surface area contributed by atoms with Crippen molar-refractivity contribution >= 4 is 17.7 Å². The van der Waals surface area contributed by atoms with E-state index in [4.69, 9.17) is 5.73 Å². The molecule has 0 aliphatic carbocycles. The molecule has 1 aromatic carbocycles. The summed E-state index contributed by atoms with van der Waals surface area (Å²) in [7, 11) is 0. The number of carbonyl (C=O) groups is 3. The number of amides is 3. The van der Waals surface area contributed by atoms with Gasteiger partial charge in [-0.1, -0.05) is 6.07 Å². The highest BCUT2D eigenvalue weighted by Gasteiger charge is 2.08. The number of nitrogens with two attached hydrogens (primary N) is 1. The van der Waals surface area contributed by atoms with Crippen molar-refractivity contribution in [3.8, 4) is 0 Å². The van der Waals surface area contributed by atoms with Crippen LogP contribution in [-0.4, -0.2) is 30.9 Å². The third-order valence-corrected chi connectivity index (χ3v) is 1.90. The van der Waals surface area contributed by atoms with Crippen molar-refractivity contribution in [3.63, 3.8) is 0 Å². The Hall–Kier alpha value is -2.48. The van der Waals surface area contributed by atoms with E-state index in [1.54, 1.807) is 0 Å². The molecule has 0 atom stereocenters. The Bertz CT molecular complexity index is 493. The molecule has 0 unspecified atom stereocenters. The number of halogens is 1. The van der Waals surface area contributed by atoms with E-state index < -0.39 is 30.1 Å². The van der Waals surface area contributed by atoms with Gasteiger partial charge in [-0.3, -0.25) is 19.2 Å². The third-order valence-electron chi connectivity index (χ3n) is 1.90. The molecule has 4 N–H and O–H groups in total. The summed E-state index contributed by atoms with van der Waals surface area (Å²) in [5, 5.41) is 2.25. The van der Waals surface area contributed by atoms with Crippen molar-refractivity contribution < 1.29 is 23.6 Å². The molecular weight excluding hydrogens is 257 g/mol. The molecule has 0 aliphatic heterocycles. The fraction of sp³-hybridized carbons (Fsp3) is 0.182. The van der Waals surface area contributed by atoms with Crippen LogP contribution in [0, 0.1) is 5.82 Å². The lowest BCUT2D eigenvalue weighted by Gasteiger charge is -2.06. The van der Waals surface area contributed by atoms with Gasteiger partial charge in [0.2, 0.25) is 5.91 Å². The number of hydrogen-bond acceptors (Lipinski definition) is 4. The number of nitrogens with one attached hydrogen (secondary N) is 2. The average Bonchev–Trinajstić information content (AvgIpc) is 2.35. The van der Waals surface area contributed by atoms with Gasteiger partial charge in [0.15, 0.2) is 6.61 Å². The van der Waals surface area contributed by atoms with Crippen LogP contribution in [0.2, 0.25) is 0 Å². The second-order valence-electron chi connectivity index (χ2n) is 3.47. The number of benzene rings is 1.